The number of aliphatic carboxylic acids is 1. The maximum Gasteiger partial charge on any atom is 0.411 e. The minimum atomic E-state index is -4.62. The third-order valence-corrected chi connectivity index (χ3v) is 7.00. The molecule has 1 aliphatic rings. The van der Waals surface area contributed by atoms with Gasteiger partial charge in [0.2, 0.25) is 5.91 Å². The van der Waals surface area contributed by atoms with Gasteiger partial charge in [-0.15, -0.1) is 11.8 Å². The van der Waals surface area contributed by atoms with Gasteiger partial charge >= 0.3 is 12.1 Å². The minimum absolute atomic E-state index is 0.0816. The number of carboxylic acid groups (broad SMARTS) is 1. The molecule has 12 heteroatoms. The second-order valence-corrected chi connectivity index (χ2v) is 9.80. The second kappa shape index (κ2) is 12.9. The molecule has 3 aromatic rings. The van der Waals surface area contributed by atoms with Crippen LogP contribution < -0.4 is 9.64 Å². The zero-order valence-electron chi connectivity index (χ0n) is 21.0. The summed E-state index contributed by atoms with van der Waals surface area (Å²) in [5.41, 5.74) is 3.06. The quantitative estimate of drug-likeness (QED) is 0.188. The summed E-state index contributed by atoms with van der Waals surface area (Å²) in [6.45, 7) is -1.22. The molecule has 0 aromatic heterocycles. The van der Waals surface area contributed by atoms with Gasteiger partial charge in [-0.3, -0.25) is 4.79 Å². The summed E-state index contributed by atoms with van der Waals surface area (Å²) in [6.07, 6.45) is -6.50. The number of alkyl halides is 3. The predicted octanol–water partition coefficient (Wildman–Crippen LogP) is 5.01. The van der Waals surface area contributed by atoms with E-state index in [1.165, 1.54) is 11.8 Å². The Labute approximate surface area is 232 Å². The van der Waals surface area contributed by atoms with E-state index in [9.17, 15) is 28.0 Å². The summed E-state index contributed by atoms with van der Waals surface area (Å²) in [4.78, 5) is 26.4. The number of carbonyl (C=O) groups is 2. The van der Waals surface area contributed by atoms with Crippen LogP contribution in [-0.2, 0) is 20.7 Å². The number of fused-ring (bicyclic) bond motifs is 1. The van der Waals surface area contributed by atoms with Gasteiger partial charge in [0.05, 0.1) is 18.0 Å². The largest absolute Gasteiger partial charge is 0.492 e. The molecule has 0 spiro atoms. The van der Waals surface area contributed by atoms with Gasteiger partial charge in [0.15, 0.2) is 6.10 Å². The fraction of sp³-hybridized carbons (Fsp3) is 0.250. The molecule has 1 unspecified atom stereocenters. The van der Waals surface area contributed by atoms with Crippen LogP contribution in [0.3, 0.4) is 0 Å². The highest BCUT2D eigenvalue weighted by molar-refractivity contribution is 8.00. The van der Waals surface area contributed by atoms with E-state index in [0.717, 1.165) is 10.5 Å². The van der Waals surface area contributed by atoms with Crippen LogP contribution >= 0.6 is 11.8 Å². The molecule has 0 radical (unpaired) electrons. The van der Waals surface area contributed by atoms with Crippen LogP contribution in [-0.4, -0.2) is 65.7 Å². The van der Waals surface area contributed by atoms with E-state index in [2.05, 4.69) is 9.89 Å². The van der Waals surface area contributed by atoms with E-state index in [1.54, 1.807) is 41.3 Å². The maximum atomic E-state index is 12.7. The van der Waals surface area contributed by atoms with Crippen molar-refractivity contribution in [2.75, 3.05) is 30.4 Å². The molecule has 1 amide bonds. The number of halogens is 3. The summed E-state index contributed by atoms with van der Waals surface area (Å²) in [5, 5.41) is 22.2. The van der Waals surface area contributed by atoms with Gasteiger partial charge in [-0.2, -0.15) is 13.2 Å². The molecule has 1 heterocycles. The Kier molecular flexibility index (Phi) is 9.33. The first-order chi connectivity index (χ1) is 19.1. The fourth-order valence-corrected chi connectivity index (χ4v) is 5.05. The molecule has 3 aromatic carbocycles. The molecule has 0 saturated heterocycles. The van der Waals surface area contributed by atoms with Crippen LogP contribution in [0.2, 0.25) is 0 Å². The number of hydrogen-bond donors (Lipinski definition) is 2. The SMILES string of the molecule is O=C(O)C(Cc1ccc(OCCN2C(=O)CSc3cc(/C(=N/O)c4ccccc4)ccc32)cc1)OCC(F)(F)F. The highest BCUT2D eigenvalue weighted by atomic mass is 32.2. The van der Waals surface area contributed by atoms with Crippen molar-refractivity contribution in [3.05, 3.63) is 89.5 Å². The summed E-state index contributed by atoms with van der Waals surface area (Å²) in [7, 11) is 0. The normalized spacial score (nSPS) is 14.5. The number of hydrogen-bond acceptors (Lipinski definition) is 7. The summed E-state index contributed by atoms with van der Waals surface area (Å²) >= 11 is 1.40. The number of rotatable bonds is 11. The van der Waals surface area contributed by atoms with Crippen molar-refractivity contribution in [1.82, 2.24) is 0 Å². The minimum Gasteiger partial charge on any atom is -0.492 e. The van der Waals surface area contributed by atoms with Crippen molar-refractivity contribution < 1.29 is 42.5 Å². The molecular formula is C28H25F3N2O6S. The third-order valence-electron chi connectivity index (χ3n) is 5.98. The van der Waals surface area contributed by atoms with Gasteiger partial charge in [0.1, 0.15) is 24.7 Å². The average Bonchev–Trinajstić information content (AvgIpc) is 2.93. The molecule has 2 N–H and O–H groups in total. The number of carboxylic acids is 1. The first kappa shape index (κ1) is 29.0. The van der Waals surface area contributed by atoms with Gasteiger partial charge in [0.25, 0.3) is 0 Å². The number of thioether (sulfide) groups is 1. The molecule has 0 bridgehead atoms. The van der Waals surface area contributed by atoms with Crippen LogP contribution in [0.4, 0.5) is 18.9 Å². The number of oxime groups is 1. The molecule has 4 rings (SSSR count). The van der Waals surface area contributed by atoms with E-state index >= 15 is 0 Å². The first-order valence-corrected chi connectivity index (χ1v) is 13.1. The van der Waals surface area contributed by atoms with Gasteiger partial charge in [-0.1, -0.05) is 53.7 Å². The molecule has 0 saturated carbocycles. The zero-order chi connectivity index (χ0) is 28.7. The van der Waals surface area contributed by atoms with E-state index in [4.69, 9.17) is 9.84 Å². The average molecular weight is 575 g/mol. The molecule has 40 heavy (non-hydrogen) atoms. The predicted molar refractivity (Wildman–Crippen MR) is 142 cm³/mol. The molecule has 0 aliphatic carbocycles. The number of amides is 1. The lowest BCUT2D eigenvalue weighted by molar-refractivity contribution is -0.192. The Hall–Kier alpha value is -4.03. The van der Waals surface area contributed by atoms with Gasteiger partial charge in [-0.05, 0) is 29.8 Å². The Balaban J connectivity index is 1.37. The maximum absolute atomic E-state index is 12.7. The Bertz CT molecular complexity index is 1370. The summed E-state index contributed by atoms with van der Waals surface area (Å²) in [5.74, 6) is -0.875. The van der Waals surface area contributed by atoms with Crippen molar-refractivity contribution in [1.29, 1.82) is 0 Å². The van der Waals surface area contributed by atoms with E-state index in [-0.39, 0.29) is 31.2 Å². The van der Waals surface area contributed by atoms with Gasteiger partial charge < -0.3 is 24.7 Å². The van der Waals surface area contributed by atoms with Crippen LogP contribution in [0.25, 0.3) is 0 Å². The summed E-state index contributed by atoms with van der Waals surface area (Å²) in [6, 6.07) is 21.0. The Morgan fingerprint density at radius 3 is 2.42 bits per heavy atom. The third kappa shape index (κ3) is 7.54. The van der Waals surface area contributed by atoms with E-state index in [1.807, 2.05) is 36.4 Å². The lowest BCUT2D eigenvalue weighted by atomic mass is 10.0. The molecular weight excluding hydrogens is 549 g/mol. The molecule has 0 fully saturated rings. The smallest absolute Gasteiger partial charge is 0.411 e. The van der Waals surface area contributed by atoms with Crippen molar-refractivity contribution in [2.24, 2.45) is 5.16 Å². The van der Waals surface area contributed by atoms with Crippen LogP contribution in [0.5, 0.6) is 5.75 Å². The number of benzene rings is 3. The number of ether oxygens (including phenoxy) is 2. The summed E-state index contributed by atoms with van der Waals surface area (Å²) < 4.78 is 47.4. The standard InChI is InChI=1S/C28H25F3N2O6S/c29-28(30,31)17-39-23(27(35)36)14-18-6-9-21(10-7-18)38-13-12-33-22-11-8-20(15-24(22)40-16-25(33)34)26(32-37)19-4-2-1-3-5-19/h1-11,15,23,37H,12-14,16-17H2,(H,35,36)/b32-26+. The van der Waals surface area contributed by atoms with Crippen LogP contribution in [0, 0.1) is 0 Å². The highest BCUT2D eigenvalue weighted by Gasteiger charge is 2.31. The van der Waals surface area contributed by atoms with E-state index in [0.29, 0.717) is 28.3 Å². The van der Waals surface area contributed by atoms with Gasteiger partial charge in [-0.25, -0.2) is 4.79 Å². The number of carbonyl (C=O) groups excluding carboxylic acids is 1. The fourth-order valence-electron chi connectivity index (χ4n) is 4.08. The molecule has 8 nitrogen and oxygen atoms in total. The molecule has 210 valence electrons. The van der Waals surface area contributed by atoms with Gasteiger partial charge in [0, 0.05) is 22.4 Å². The Morgan fingerprint density at radius 1 is 1.05 bits per heavy atom. The van der Waals surface area contributed by atoms with Crippen LogP contribution in [0.1, 0.15) is 16.7 Å². The highest BCUT2D eigenvalue weighted by Crippen LogP contribution is 2.36. The topological polar surface area (TPSA) is 109 Å². The van der Waals surface area contributed by atoms with Crippen molar-refractivity contribution in [3.8, 4) is 5.75 Å². The lowest BCUT2D eigenvalue weighted by Crippen LogP contribution is -2.38. The van der Waals surface area contributed by atoms with Crippen molar-refractivity contribution in [2.45, 2.75) is 23.6 Å². The second-order valence-electron chi connectivity index (χ2n) is 8.78. The van der Waals surface area contributed by atoms with E-state index < -0.39 is 24.9 Å². The number of anilines is 1. The number of nitrogens with zero attached hydrogens (tertiary/aromatic N) is 2. The molecule has 1 aliphatic heterocycles. The van der Waals surface area contributed by atoms with Crippen LogP contribution in [0.15, 0.2) is 82.8 Å². The first-order valence-electron chi connectivity index (χ1n) is 12.1. The Morgan fingerprint density at radius 2 is 1.77 bits per heavy atom. The monoisotopic (exact) mass is 574 g/mol. The molecule has 1 atom stereocenters. The lowest BCUT2D eigenvalue weighted by Gasteiger charge is -2.29. The van der Waals surface area contributed by atoms with Crippen molar-refractivity contribution >= 4 is 35.0 Å². The van der Waals surface area contributed by atoms with Crippen molar-refractivity contribution in [3.63, 3.8) is 0 Å². The zero-order valence-corrected chi connectivity index (χ0v) is 21.8.